The van der Waals surface area contributed by atoms with Gasteiger partial charge >= 0.3 is 5.97 Å². The highest BCUT2D eigenvalue weighted by Gasteiger charge is 2.22. The van der Waals surface area contributed by atoms with Crippen LogP contribution in [0.4, 0.5) is 10.1 Å². The quantitative estimate of drug-likeness (QED) is 0.362. The first-order valence-corrected chi connectivity index (χ1v) is 7.05. The lowest BCUT2D eigenvalue weighted by molar-refractivity contribution is -0.385. The SMILES string of the molecule is Cc1ccc(C(=O)O[C@H](C)C(=O)c2ccc(F)cc2)cc1[N+](=O)[O-]. The van der Waals surface area contributed by atoms with Gasteiger partial charge in [0.05, 0.1) is 10.5 Å². The zero-order chi connectivity index (χ0) is 17.9. The highest BCUT2D eigenvalue weighted by atomic mass is 19.1. The van der Waals surface area contributed by atoms with Crippen molar-refractivity contribution in [3.63, 3.8) is 0 Å². The summed E-state index contributed by atoms with van der Waals surface area (Å²) in [6.45, 7) is 2.93. The van der Waals surface area contributed by atoms with Gasteiger partial charge in [-0.1, -0.05) is 6.07 Å². The van der Waals surface area contributed by atoms with Crippen molar-refractivity contribution in [2.45, 2.75) is 20.0 Å². The average molecular weight is 331 g/mol. The minimum Gasteiger partial charge on any atom is -0.451 e. The maximum atomic E-state index is 12.9. The van der Waals surface area contributed by atoms with E-state index in [2.05, 4.69) is 0 Å². The topological polar surface area (TPSA) is 86.5 Å². The molecular weight excluding hydrogens is 317 g/mol. The molecule has 0 heterocycles. The molecule has 0 N–H and O–H groups in total. The summed E-state index contributed by atoms with van der Waals surface area (Å²) in [5.74, 6) is -1.82. The van der Waals surface area contributed by atoms with Crippen LogP contribution in [0.25, 0.3) is 0 Å². The number of aryl methyl sites for hydroxylation is 1. The van der Waals surface area contributed by atoms with Crippen molar-refractivity contribution in [2.24, 2.45) is 0 Å². The molecule has 24 heavy (non-hydrogen) atoms. The third-order valence-corrected chi connectivity index (χ3v) is 3.42. The number of benzene rings is 2. The molecule has 2 aromatic rings. The predicted octanol–water partition coefficient (Wildman–Crippen LogP) is 3.47. The molecule has 2 rings (SSSR count). The second-order valence-corrected chi connectivity index (χ2v) is 5.18. The zero-order valence-corrected chi connectivity index (χ0v) is 13.0. The fourth-order valence-electron chi connectivity index (χ4n) is 2.06. The summed E-state index contributed by atoms with van der Waals surface area (Å²) in [5.41, 5.74) is 0.381. The molecule has 0 bridgehead atoms. The Kier molecular flexibility index (Phi) is 5.03. The van der Waals surface area contributed by atoms with Crippen LogP contribution >= 0.6 is 0 Å². The summed E-state index contributed by atoms with van der Waals surface area (Å²) in [5, 5.41) is 10.9. The predicted molar refractivity (Wildman–Crippen MR) is 83.4 cm³/mol. The molecule has 7 heteroatoms. The average Bonchev–Trinajstić information content (AvgIpc) is 2.54. The summed E-state index contributed by atoms with van der Waals surface area (Å²) in [4.78, 5) is 34.5. The van der Waals surface area contributed by atoms with E-state index >= 15 is 0 Å². The summed E-state index contributed by atoms with van der Waals surface area (Å²) in [7, 11) is 0. The van der Waals surface area contributed by atoms with E-state index in [0.717, 1.165) is 18.2 Å². The molecule has 6 nitrogen and oxygen atoms in total. The summed E-state index contributed by atoms with van der Waals surface area (Å²) in [6, 6.07) is 8.77. The van der Waals surface area contributed by atoms with Crippen molar-refractivity contribution in [1.82, 2.24) is 0 Å². The van der Waals surface area contributed by atoms with Gasteiger partial charge in [-0.2, -0.15) is 0 Å². The van der Waals surface area contributed by atoms with Crippen LogP contribution in [0.15, 0.2) is 42.5 Å². The Bertz CT molecular complexity index is 801. The van der Waals surface area contributed by atoms with Crippen molar-refractivity contribution in [1.29, 1.82) is 0 Å². The molecule has 0 aliphatic heterocycles. The minimum atomic E-state index is -1.11. The van der Waals surface area contributed by atoms with Crippen LogP contribution in [-0.2, 0) is 4.74 Å². The van der Waals surface area contributed by atoms with Gasteiger partial charge in [-0.3, -0.25) is 14.9 Å². The van der Waals surface area contributed by atoms with E-state index in [1.165, 1.54) is 31.2 Å². The molecule has 0 aliphatic rings. The lowest BCUT2D eigenvalue weighted by Gasteiger charge is -2.12. The maximum Gasteiger partial charge on any atom is 0.339 e. The maximum absolute atomic E-state index is 12.9. The Balaban J connectivity index is 2.14. The van der Waals surface area contributed by atoms with Gasteiger partial charge < -0.3 is 4.74 Å². The van der Waals surface area contributed by atoms with E-state index in [0.29, 0.717) is 5.56 Å². The van der Waals surface area contributed by atoms with Gasteiger partial charge in [0.2, 0.25) is 5.78 Å². The van der Waals surface area contributed by atoms with Gasteiger partial charge in [0.25, 0.3) is 5.69 Å². The van der Waals surface area contributed by atoms with Crippen molar-refractivity contribution in [3.8, 4) is 0 Å². The third kappa shape index (κ3) is 3.81. The number of nitrogens with zero attached hydrogens (tertiary/aromatic N) is 1. The molecule has 0 amide bonds. The number of hydrogen-bond donors (Lipinski definition) is 0. The summed E-state index contributed by atoms with van der Waals surface area (Å²) < 4.78 is 17.9. The van der Waals surface area contributed by atoms with Crippen LogP contribution in [-0.4, -0.2) is 22.8 Å². The van der Waals surface area contributed by atoms with Gasteiger partial charge in [0.1, 0.15) is 5.82 Å². The number of esters is 1. The van der Waals surface area contributed by atoms with Crippen LogP contribution in [0.2, 0.25) is 0 Å². The van der Waals surface area contributed by atoms with Crippen molar-refractivity contribution in [2.75, 3.05) is 0 Å². The number of nitro groups is 1. The van der Waals surface area contributed by atoms with Crippen LogP contribution in [0.5, 0.6) is 0 Å². The summed E-state index contributed by atoms with van der Waals surface area (Å²) in [6.07, 6.45) is -1.11. The fraction of sp³-hybridized carbons (Fsp3) is 0.176. The van der Waals surface area contributed by atoms with E-state index in [-0.39, 0.29) is 16.8 Å². The van der Waals surface area contributed by atoms with Crippen molar-refractivity contribution in [3.05, 3.63) is 75.1 Å². The number of nitro benzene ring substituents is 1. The first-order valence-electron chi connectivity index (χ1n) is 7.05. The molecular formula is C17H14FNO5. The molecule has 0 saturated heterocycles. The normalized spacial score (nSPS) is 11.6. The second kappa shape index (κ2) is 6.99. The number of ketones is 1. The Labute approximate surface area is 137 Å². The third-order valence-electron chi connectivity index (χ3n) is 3.42. The number of Topliss-reactive ketones (excluding diaryl/α,β-unsaturated/α-hetero) is 1. The molecule has 124 valence electrons. The number of hydrogen-bond acceptors (Lipinski definition) is 5. The Morgan fingerprint density at radius 2 is 1.71 bits per heavy atom. The number of halogens is 1. The van der Waals surface area contributed by atoms with Gasteiger partial charge in [-0.25, -0.2) is 9.18 Å². The van der Waals surface area contributed by atoms with Gasteiger partial charge in [-0.05, 0) is 44.2 Å². The first-order chi connectivity index (χ1) is 11.3. The minimum absolute atomic E-state index is 0.0222. The number of carbonyl (C=O) groups excluding carboxylic acids is 2. The van der Waals surface area contributed by atoms with Crippen LogP contribution < -0.4 is 0 Å². The van der Waals surface area contributed by atoms with Crippen LogP contribution in [0, 0.1) is 22.9 Å². The Morgan fingerprint density at radius 1 is 1.12 bits per heavy atom. The van der Waals surface area contributed by atoms with Crippen LogP contribution in [0.1, 0.15) is 33.2 Å². The molecule has 1 atom stereocenters. The highest BCUT2D eigenvalue weighted by Crippen LogP contribution is 2.20. The van der Waals surface area contributed by atoms with Crippen molar-refractivity contribution >= 4 is 17.4 Å². The van der Waals surface area contributed by atoms with Crippen LogP contribution in [0.3, 0.4) is 0 Å². The summed E-state index contributed by atoms with van der Waals surface area (Å²) >= 11 is 0. The Morgan fingerprint density at radius 3 is 2.29 bits per heavy atom. The van der Waals surface area contributed by atoms with E-state index in [1.54, 1.807) is 6.92 Å². The van der Waals surface area contributed by atoms with Gasteiger partial charge in [0.15, 0.2) is 6.10 Å². The Hall–Kier alpha value is -3.09. The first kappa shape index (κ1) is 17.3. The molecule has 0 radical (unpaired) electrons. The molecule has 0 aromatic heterocycles. The number of carbonyl (C=O) groups is 2. The molecule has 0 saturated carbocycles. The molecule has 0 unspecified atom stereocenters. The van der Waals surface area contributed by atoms with Gasteiger partial charge in [-0.15, -0.1) is 0 Å². The van der Waals surface area contributed by atoms with E-state index in [9.17, 15) is 24.1 Å². The molecule has 0 fully saturated rings. The smallest absolute Gasteiger partial charge is 0.339 e. The van der Waals surface area contributed by atoms with E-state index in [4.69, 9.17) is 4.74 Å². The largest absolute Gasteiger partial charge is 0.451 e. The number of rotatable bonds is 5. The lowest BCUT2D eigenvalue weighted by Crippen LogP contribution is -2.24. The number of ether oxygens (including phenoxy) is 1. The van der Waals surface area contributed by atoms with E-state index in [1.807, 2.05) is 0 Å². The monoisotopic (exact) mass is 331 g/mol. The second-order valence-electron chi connectivity index (χ2n) is 5.18. The zero-order valence-electron chi connectivity index (χ0n) is 13.0. The van der Waals surface area contributed by atoms with E-state index < -0.39 is 28.6 Å². The molecule has 0 spiro atoms. The highest BCUT2D eigenvalue weighted by molar-refractivity contribution is 6.01. The van der Waals surface area contributed by atoms with Crippen molar-refractivity contribution < 1.29 is 23.6 Å². The fourth-order valence-corrected chi connectivity index (χ4v) is 2.06. The van der Waals surface area contributed by atoms with Gasteiger partial charge in [0, 0.05) is 17.2 Å². The molecule has 0 aliphatic carbocycles. The molecule has 2 aromatic carbocycles. The standard InChI is InChI=1S/C17H14FNO5/c1-10-3-4-13(9-15(10)19(22)23)17(21)24-11(2)16(20)12-5-7-14(18)8-6-12/h3-9,11H,1-2H3/t11-/m1/s1. The lowest BCUT2D eigenvalue weighted by atomic mass is 10.1.